The Morgan fingerprint density at radius 1 is 1.00 bits per heavy atom. The highest BCUT2D eigenvalue weighted by Crippen LogP contribution is 2.24. The van der Waals surface area contributed by atoms with Crippen LogP contribution in [-0.4, -0.2) is 25.2 Å². The van der Waals surface area contributed by atoms with Gasteiger partial charge < -0.3 is 14.8 Å². The first-order valence-electron chi connectivity index (χ1n) is 10.1. The Bertz CT molecular complexity index is 730. The van der Waals surface area contributed by atoms with Gasteiger partial charge in [0.25, 0.3) is 5.91 Å². The molecular formula is C24H33NO3. The SMILES string of the molecule is CCOc1ccc(CCCNC(=O)C(C)Oc2ccc(C(C)(C)C)cc2)cc1. The number of hydrogen-bond donors (Lipinski definition) is 1. The summed E-state index contributed by atoms with van der Waals surface area (Å²) >= 11 is 0. The highest BCUT2D eigenvalue weighted by Gasteiger charge is 2.16. The number of carbonyl (C=O) groups excluding carboxylic acids is 1. The van der Waals surface area contributed by atoms with E-state index in [0.717, 1.165) is 18.6 Å². The number of rotatable bonds is 9. The van der Waals surface area contributed by atoms with Crippen LogP contribution in [0.3, 0.4) is 0 Å². The van der Waals surface area contributed by atoms with E-state index in [0.29, 0.717) is 18.9 Å². The molecule has 4 heteroatoms. The zero-order valence-corrected chi connectivity index (χ0v) is 17.7. The minimum absolute atomic E-state index is 0.0911. The molecule has 0 aliphatic carbocycles. The summed E-state index contributed by atoms with van der Waals surface area (Å²) in [6, 6.07) is 16.1. The van der Waals surface area contributed by atoms with E-state index in [1.54, 1.807) is 6.92 Å². The normalized spacial score (nSPS) is 12.3. The van der Waals surface area contributed by atoms with Crippen molar-refractivity contribution in [2.45, 2.75) is 59.0 Å². The molecule has 1 N–H and O–H groups in total. The van der Waals surface area contributed by atoms with Gasteiger partial charge in [0.2, 0.25) is 0 Å². The second kappa shape index (κ2) is 10.2. The first kappa shape index (κ1) is 21.8. The molecule has 0 aromatic heterocycles. The van der Waals surface area contributed by atoms with Gasteiger partial charge in [0.15, 0.2) is 6.10 Å². The van der Waals surface area contributed by atoms with Crippen molar-refractivity contribution in [1.82, 2.24) is 5.32 Å². The summed E-state index contributed by atoms with van der Waals surface area (Å²) in [5.41, 5.74) is 2.58. The first-order valence-corrected chi connectivity index (χ1v) is 10.1. The van der Waals surface area contributed by atoms with Gasteiger partial charge in [0.1, 0.15) is 11.5 Å². The maximum atomic E-state index is 12.2. The van der Waals surface area contributed by atoms with Gasteiger partial charge in [-0.25, -0.2) is 0 Å². The summed E-state index contributed by atoms with van der Waals surface area (Å²) in [5, 5.41) is 2.95. The molecule has 0 fully saturated rings. The lowest BCUT2D eigenvalue weighted by Crippen LogP contribution is -2.36. The molecule has 2 aromatic rings. The van der Waals surface area contributed by atoms with Gasteiger partial charge in [-0.1, -0.05) is 45.0 Å². The minimum Gasteiger partial charge on any atom is -0.494 e. The summed E-state index contributed by atoms with van der Waals surface area (Å²) in [7, 11) is 0. The van der Waals surface area contributed by atoms with Crippen LogP contribution < -0.4 is 14.8 Å². The smallest absolute Gasteiger partial charge is 0.260 e. The maximum Gasteiger partial charge on any atom is 0.260 e. The molecule has 28 heavy (non-hydrogen) atoms. The van der Waals surface area contributed by atoms with Crippen molar-refractivity contribution in [3.05, 3.63) is 59.7 Å². The molecule has 1 amide bonds. The van der Waals surface area contributed by atoms with E-state index < -0.39 is 6.10 Å². The van der Waals surface area contributed by atoms with Crippen LogP contribution in [0.25, 0.3) is 0 Å². The molecule has 0 saturated heterocycles. The lowest BCUT2D eigenvalue weighted by atomic mass is 9.87. The number of aryl methyl sites for hydroxylation is 1. The molecule has 1 unspecified atom stereocenters. The van der Waals surface area contributed by atoms with E-state index in [-0.39, 0.29) is 11.3 Å². The van der Waals surface area contributed by atoms with Crippen LogP contribution >= 0.6 is 0 Å². The zero-order chi connectivity index (χ0) is 20.6. The Kier molecular flexibility index (Phi) is 7.91. The largest absolute Gasteiger partial charge is 0.494 e. The Balaban J connectivity index is 1.72. The van der Waals surface area contributed by atoms with E-state index in [9.17, 15) is 4.79 Å². The Labute approximate surface area is 169 Å². The third-order valence-electron chi connectivity index (χ3n) is 4.58. The van der Waals surface area contributed by atoms with Crippen molar-refractivity contribution in [3.8, 4) is 11.5 Å². The topological polar surface area (TPSA) is 47.6 Å². The zero-order valence-electron chi connectivity index (χ0n) is 17.7. The van der Waals surface area contributed by atoms with Crippen LogP contribution in [0.5, 0.6) is 11.5 Å². The molecule has 0 heterocycles. The van der Waals surface area contributed by atoms with Crippen molar-refractivity contribution >= 4 is 5.91 Å². The molecule has 2 aromatic carbocycles. The molecule has 0 bridgehead atoms. The van der Waals surface area contributed by atoms with Crippen LogP contribution in [-0.2, 0) is 16.6 Å². The second-order valence-electron chi connectivity index (χ2n) is 8.01. The predicted octanol–water partition coefficient (Wildman–Crippen LogP) is 4.90. The molecule has 0 saturated carbocycles. The van der Waals surface area contributed by atoms with E-state index in [2.05, 4.69) is 50.4 Å². The van der Waals surface area contributed by atoms with Crippen LogP contribution in [0.2, 0.25) is 0 Å². The van der Waals surface area contributed by atoms with Gasteiger partial charge in [-0.3, -0.25) is 4.79 Å². The summed E-state index contributed by atoms with van der Waals surface area (Å²) in [6.07, 6.45) is 1.27. The van der Waals surface area contributed by atoms with E-state index in [4.69, 9.17) is 9.47 Å². The van der Waals surface area contributed by atoms with Crippen molar-refractivity contribution in [1.29, 1.82) is 0 Å². The number of amides is 1. The fourth-order valence-electron chi connectivity index (χ4n) is 2.86. The van der Waals surface area contributed by atoms with Crippen LogP contribution in [0.1, 0.15) is 52.2 Å². The molecule has 152 valence electrons. The molecule has 1 atom stereocenters. The molecule has 0 radical (unpaired) electrons. The monoisotopic (exact) mass is 383 g/mol. The lowest BCUT2D eigenvalue weighted by Gasteiger charge is -2.20. The Morgan fingerprint density at radius 2 is 1.61 bits per heavy atom. The molecule has 0 spiro atoms. The predicted molar refractivity (Wildman–Crippen MR) is 114 cm³/mol. The fraction of sp³-hybridized carbons (Fsp3) is 0.458. The van der Waals surface area contributed by atoms with Gasteiger partial charge in [-0.2, -0.15) is 0 Å². The number of carbonyl (C=O) groups is 1. The highest BCUT2D eigenvalue weighted by atomic mass is 16.5. The quantitative estimate of drug-likeness (QED) is 0.627. The molecule has 4 nitrogen and oxygen atoms in total. The number of ether oxygens (including phenoxy) is 2. The molecule has 0 aliphatic heterocycles. The van der Waals surface area contributed by atoms with Crippen molar-refractivity contribution < 1.29 is 14.3 Å². The van der Waals surface area contributed by atoms with Gasteiger partial charge in [0, 0.05) is 6.54 Å². The number of nitrogens with one attached hydrogen (secondary N) is 1. The minimum atomic E-state index is -0.522. The molecule has 0 aliphatic rings. The fourth-order valence-corrected chi connectivity index (χ4v) is 2.86. The Hall–Kier alpha value is -2.49. The van der Waals surface area contributed by atoms with Gasteiger partial charge >= 0.3 is 0 Å². The van der Waals surface area contributed by atoms with Gasteiger partial charge in [0.05, 0.1) is 6.61 Å². The third-order valence-corrected chi connectivity index (χ3v) is 4.58. The van der Waals surface area contributed by atoms with E-state index >= 15 is 0 Å². The first-order chi connectivity index (χ1) is 13.3. The van der Waals surface area contributed by atoms with Crippen molar-refractivity contribution in [2.75, 3.05) is 13.2 Å². The van der Waals surface area contributed by atoms with Crippen LogP contribution in [0.15, 0.2) is 48.5 Å². The second-order valence-corrected chi connectivity index (χ2v) is 8.01. The van der Waals surface area contributed by atoms with Gasteiger partial charge in [-0.05, 0) is 67.5 Å². The van der Waals surface area contributed by atoms with E-state index in [1.165, 1.54) is 11.1 Å². The summed E-state index contributed by atoms with van der Waals surface area (Å²) in [5.74, 6) is 1.51. The average Bonchev–Trinajstić information content (AvgIpc) is 2.66. The van der Waals surface area contributed by atoms with E-state index in [1.807, 2.05) is 31.2 Å². The number of benzene rings is 2. The van der Waals surface area contributed by atoms with Gasteiger partial charge in [-0.15, -0.1) is 0 Å². The maximum absolute atomic E-state index is 12.2. The standard InChI is InChI=1S/C24H33NO3/c1-6-27-21-13-9-19(10-14-21)8-7-17-25-23(26)18(2)28-22-15-11-20(12-16-22)24(3,4)5/h9-16,18H,6-8,17H2,1-5H3,(H,25,26). The lowest BCUT2D eigenvalue weighted by molar-refractivity contribution is -0.127. The van der Waals surface area contributed by atoms with Crippen LogP contribution in [0.4, 0.5) is 0 Å². The van der Waals surface area contributed by atoms with Crippen molar-refractivity contribution in [2.24, 2.45) is 0 Å². The molecule has 2 rings (SSSR count). The summed E-state index contributed by atoms with van der Waals surface area (Å²) in [4.78, 5) is 12.2. The highest BCUT2D eigenvalue weighted by molar-refractivity contribution is 5.80. The number of hydrogen-bond acceptors (Lipinski definition) is 3. The van der Waals surface area contributed by atoms with Crippen LogP contribution in [0, 0.1) is 0 Å². The van der Waals surface area contributed by atoms with Crippen molar-refractivity contribution in [3.63, 3.8) is 0 Å². The third kappa shape index (κ3) is 6.91. The molecular weight excluding hydrogens is 350 g/mol. The Morgan fingerprint density at radius 3 is 2.18 bits per heavy atom. The summed E-state index contributed by atoms with van der Waals surface area (Å²) in [6.45, 7) is 11.6. The average molecular weight is 384 g/mol. The summed E-state index contributed by atoms with van der Waals surface area (Å²) < 4.78 is 11.2.